The molecule has 21 heavy (non-hydrogen) atoms. The number of phenols is 2. The van der Waals surface area contributed by atoms with E-state index < -0.39 is 0 Å². The van der Waals surface area contributed by atoms with E-state index in [0.717, 1.165) is 18.7 Å². The van der Waals surface area contributed by atoms with Crippen LogP contribution < -0.4 is 5.32 Å². The summed E-state index contributed by atoms with van der Waals surface area (Å²) in [6.45, 7) is 3.17. The largest absolute Gasteiger partial charge is 0.504 e. The minimum Gasteiger partial charge on any atom is -0.504 e. The lowest BCUT2D eigenvalue weighted by atomic mass is 10.1. The number of unbranched alkanes of at least 4 members (excludes halogenated alkanes) is 9. The Kier molecular flexibility index (Phi) is 9.51. The maximum atomic E-state index is 9.39. The third-order valence-corrected chi connectivity index (χ3v) is 3.83. The first-order valence-corrected chi connectivity index (χ1v) is 8.50. The highest BCUT2D eigenvalue weighted by atomic mass is 16.3. The molecule has 3 nitrogen and oxygen atoms in total. The fourth-order valence-corrected chi connectivity index (χ4v) is 2.48. The predicted octanol–water partition coefficient (Wildman–Crippen LogP) is 5.43. The van der Waals surface area contributed by atoms with E-state index in [4.69, 9.17) is 0 Å². The summed E-state index contributed by atoms with van der Waals surface area (Å²) in [6.07, 6.45) is 13.4. The zero-order valence-electron chi connectivity index (χ0n) is 13.4. The molecule has 3 heteroatoms. The molecule has 1 rings (SSSR count). The summed E-state index contributed by atoms with van der Waals surface area (Å²) >= 11 is 0. The number of phenolic OH excluding ortho intramolecular Hbond substituents is 2. The monoisotopic (exact) mass is 293 g/mol. The van der Waals surface area contributed by atoms with Crippen LogP contribution in [0.2, 0.25) is 0 Å². The zero-order chi connectivity index (χ0) is 15.3. The molecule has 0 atom stereocenters. The van der Waals surface area contributed by atoms with E-state index in [-0.39, 0.29) is 11.5 Å². The smallest absolute Gasteiger partial charge is 0.159 e. The Morgan fingerprint density at radius 3 is 1.90 bits per heavy atom. The van der Waals surface area contributed by atoms with Crippen molar-refractivity contribution in [2.24, 2.45) is 0 Å². The average Bonchev–Trinajstić information content (AvgIpc) is 2.48. The molecule has 0 amide bonds. The van der Waals surface area contributed by atoms with Crippen LogP contribution in [0.3, 0.4) is 0 Å². The quantitative estimate of drug-likeness (QED) is 0.273. The first kappa shape index (κ1) is 17.7. The number of benzene rings is 1. The van der Waals surface area contributed by atoms with Gasteiger partial charge in [-0.15, -0.1) is 0 Å². The van der Waals surface area contributed by atoms with E-state index in [1.54, 1.807) is 12.1 Å². The van der Waals surface area contributed by atoms with Gasteiger partial charge < -0.3 is 15.5 Å². The Morgan fingerprint density at radius 1 is 0.762 bits per heavy atom. The van der Waals surface area contributed by atoms with Crippen LogP contribution in [0, 0.1) is 0 Å². The SMILES string of the molecule is CCCCCCCCCCCCNc1ccc(O)c(O)c1. The molecular formula is C18H31NO2. The standard InChI is InChI=1S/C18H31NO2/c1-2-3-4-5-6-7-8-9-10-11-14-19-16-12-13-17(20)18(21)15-16/h12-13,15,19-21H,2-11,14H2,1H3. The average molecular weight is 293 g/mol. The van der Waals surface area contributed by atoms with Gasteiger partial charge in [0, 0.05) is 18.3 Å². The van der Waals surface area contributed by atoms with Crippen molar-refractivity contribution in [1.82, 2.24) is 0 Å². The van der Waals surface area contributed by atoms with Gasteiger partial charge in [0.05, 0.1) is 0 Å². The van der Waals surface area contributed by atoms with Gasteiger partial charge in [-0.3, -0.25) is 0 Å². The number of hydrogen-bond donors (Lipinski definition) is 3. The predicted molar refractivity (Wildman–Crippen MR) is 90.1 cm³/mol. The van der Waals surface area contributed by atoms with Gasteiger partial charge in [-0.25, -0.2) is 0 Å². The Hall–Kier alpha value is -1.38. The normalized spacial score (nSPS) is 10.7. The van der Waals surface area contributed by atoms with Crippen molar-refractivity contribution in [3.8, 4) is 11.5 Å². The second-order valence-corrected chi connectivity index (χ2v) is 5.81. The van der Waals surface area contributed by atoms with Crippen molar-refractivity contribution in [2.45, 2.75) is 71.1 Å². The summed E-state index contributed by atoms with van der Waals surface area (Å²) in [6, 6.07) is 4.85. The molecule has 0 saturated heterocycles. The van der Waals surface area contributed by atoms with Crippen LogP contribution in [0.25, 0.3) is 0 Å². The Morgan fingerprint density at radius 2 is 1.33 bits per heavy atom. The summed E-state index contributed by atoms with van der Waals surface area (Å²) in [5, 5.41) is 21.9. The maximum Gasteiger partial charge on any atom is 0.159 e. The molecule has 0 unspecified atom stereocenters. The van der Waals surface area contributed by atoms with Crippen LogP contribution >= 0.6 is 0 Å². The lowest BCUT2D eigenvalue weighted by Gasteiger charge is -2.07. The molecule has 0 radical (unpaired) electrons. The zero-order valence-corrected chi connectivity index (χ0v) is 13.4. The van der Waals surface area contributed by atoms with Gasteiger partial charge in [0.15, 0.2) is 11.5 Å². The Bertz CT molecular complexity index is 379. The summed E-state index contributed by atoms with van der Waals surface area (Å²) in [5.41, 5.74) is 0.862. The van der Waals surface area contributed by atoms with Crippen LogP contribution in [0.1, 0.15) is 71.1 Å². The fourth-order valence-electron chi connectivity index (χ4n) is 2.48. The molecule has 1 aromatic carbocycles. The summed E-state index contributed by atoms with van der Waals surface area (Å²) < 4.78 is 0. The minimum atomic E-state index is -0.0699. The van der Waals surface area contributed by atoms with Crippen LogP contribution in [-0.4, -0.2) is 16.8 Å². The first-order chi connectivity index (χ1) is 10.2. The molecule has 0 saturated carbocycles. The van der Waals surface area contributed by atoms with Crippen molar-refractivity contribution >= 4 is 5.69 Å². The molecule has 0 aliphatic heterocycles. The number of aromatic hydroxyl groups is 2. The van der Waals surface area contributed by atoms with E-state index in [1.807, 2.05) is 0 Å². The number of hydrogen-bond acceptors (Lipinski definition) is 3. The summed E-state index contributed by atoms with van der Waals surface area (Å²) in [7, 11) is 0. The van der Waals surface area contributed by atoms with Crippen molar-refractivity contribution < 1.29 is 10.2 Å². The molecular weight excluding hydrogens is 262 g/mol. The lowest BCUT2D eigenvalue weighted by molar-refractivity contribution is 0.404. The van der Waals surface area contributed by atoms with Gasteiger partial charge in [-0.1, -0.05) is 64.7 Å². The van der Waals surface area contributed by atoms with Gasteiger partial charge in [0.25, 0.3) is 0 Å². The highest BCUT2D eigenvalue weighted by molar-refractivity contribution is 5.53. The number of nitrogens with one attached hydrogen (secondary N) is 1. The van der Waals surface area contributed by atoms with Crippen LogP contribution in [0.15, 0.2) is 18.2 Å². The van der Waals surface area contributed by atoms with Crippen molar-refractivity contribution in [3.05, 3.63) is 18.2 Å². The van der Waals surface area contributed by atoms with E-state index in [2.05, 4.69) is 12.2 Å². The lowest BCUT2D eigenvalue weighted by Crippen LogP contribution is -2.01. The van der Waals surface area contributed by atoms with Gasteiger partial charge >= 0.3 is 0 Å². The highest BCUT2D eigenvalue weighted by Crippen LogP contribution is 2.27. The fraction of sp³-hybridized carbons (Fsp3) is 0.667. The Labute approximate surface area is 129 Å². The molecule has 0 aromatic heterocycles. The van der Waals surface area contributed by atoms with E-state index in [9.17, 15) is 10.2 Å². The molecule has 0 bridgehead atoms. The molecule has 0 fully saturated rings. The van der Waals surface area contributed by atoms with Gasteiger partial charge in [0.2, 0.25) is 0 Å². The molecule has 0 aliphatic carbocycles. The molecule has 0 heterocycles. The van der Waals surface area contributed by atoms with Gasteiger partial charge in [0.1, 0.15) is 0 Å². The second-order valence-electron chi connectivity index (χ2n) is 5.81. The highest BCUT2D eigenvalue weighted by Gasteiger charge is 1.99. The molecule has 0 spiro atoms. The van der Waals surface area contributed by atoms with Crippen molar-refractivity contribution in [3.63, 3.8) is 0 Å². The van der Waals surface area contributed by atoms with E-state index in [1.165, 1.54) is 63.9 Å². The van der Waals surface area contributed by atoms with E-state index in [0.29, 0.717) is 0 Å². The van der Waals surface area contributed by atoms with Gasteiger partial charge in [-0.2, -0.15) is 0 Å². The topological polar surface area (TPSA) is 52.5 Å². The molecule has 0 aliphatic rings. The molecule has 3 N–H and O–H groups in total. The second kappa shape index (κ2) is 11.3. The minimum absolute atomic E-state index is 0.0666. The first-order valence-electron chi connectivity index (χ1n) is 8.50. The third-order valence-electron chi connectivity index (χ3n) is 3.83. The maximum absolute atomic E-state index is 9.39. The van der Waals surface area contributed by atoms with Crippen molar-refractivity contribution in [1.29, 1.82) is 0 Å². The van der Waals surface area contributed by atoms with E-state index >= 15 is 0 Å². The number of rotatable bonds is 12. The summed E-state index contributed by atoms with van der Waals surface area (Å²) in [5.74, 6) is -0.137. The number of anilines is 1. The molecule has 1 aromatic rings. The third kappa shape index (κ3) is 8.49. The van der Waals surface area contributed by atoms with Crippen LogP contribution in [0.5, 0.6) is 11.5 Å². The van der Waals surface area contributed by atoms with Crippen LogP contribution in [-0.2, 0) is 0 Å². The van der Waals surface area contributed by atoms with Crippen LogP contribution in [0.4, 0.5) is 5.69 Å². The molecule has 120 valence electrons. The van der Waals surface area contributed by atoms with Crippen molar-refractivity contribution in [2.75, 3.05) is 11.9 Å². The summed E-state index contributed by atoms with van der Waals surface area (Å²) in [4.78, 5) is 0. The Balaban J connectivity index is 1.91. The van der Waals surface area contributed by atoms with Gasteiger partial charge in [-0.05, 0) is 18.6 Å².